The molecule has 156 valence electrons. The van der Waals surface area contributed by atoms with Crippen molar-refractivity contribution in [2.45, 2.75) is 38.8 Å². The third-order valence-corrected chi connectivity index (χ3v) is 6.07. The second kappa shape index (κ2) is 7.65. The topological polar surface area (TPSA) is 78.8 Å². The number of fused-ring (bicyclic) bond motifs is 2. The Morgan fingerprint density at radius 3 is 2.60 bits per heavy atom. The van der Waals surface area contributed by atoms with Crippen LogP contribution in [0.15, 0.2) is 52.0 Å². The maximum atomic E-state index is 12.6. The van der Waals surface area contributed by atoms with Gasteiger partial charge in [-0.1, -0.05) is 18.2 Å². The molecule has 4 aromatic rings. The molecule has 1 aliphatic heterocycles. The molecule has 1 saturated heterocycles. The van der Waals surface area contributed by atoms with E-state index in [2.05, 4.69) is 14.9 Å². The number of nitrogens with one attached hydrogen (secondary N) is 2. The number of para-hydroxylation sites is 2. The lowest BCUT2D eigenvalue weighted by Gasteiger charge is -2.32. The fourth-order valence-corrected chi connectivity index (χ4v) is 4.55. The Kier molecular flexibility index (Phi) is 3.78. The minimum Gasteiger partial charge on any atom is -0.306 e. The number of rotatable bonds is 5. The number of likely N-dealkylation sites (tertiary alicyclic amines) is 1. The van der Waals surface area contributed by atoms with Crippen molar-refractivity contribution in [3.05, 3.63) is 68.9 Å². The SMILES string of the molecule is [2H]c1c([2H])c([2H])c2c([nH]c(=O)n2CCCN2CCC(n3c(=O)[nH]c4cc(C)ccc43)CC2)c1[2H]. The van der Waals surface area contributed by atoms with Gasteiger partial charge < -0.3 is 14.9 Å². The monoisotopic (exact) mass is 409 g/mol. The third-order valence-electron chi connectivity index (χ3n) is 6.07. The van der Waals surface area contributed by atoms with Gasteiger partial charge in [-0.2, -0.15) is 0 Å². The van der Waals surface area contributed by atoms with Gasteiger partial charge in [0.05, 0.1) is 27.5 Å². The molecule has 2 aromatic heterocycles. The molecule has 0 radical (unpaired) electrons. The van der Waals surface area contributed by atoms with E-state index in [-0.39, 0.29) is 46.9 Å². The average Bonchev–Trinajstić information content (AvgIpc) is 3.32. The van der Waals surface area contributed by atoms with Gasteiger partial charge in [-0.25, -0.2) is 9.59 Å². The molecule has 7 heteroatoms. The maximum absolute atomic E-state index is 12.6. The highest BCUT2D eigenvalue weighted by Crippen LogP contribution is 2.25. The summed E-state index contributed by atoms with van der Waals surface area (Å²) in [5, 5.41) is 0. The molecule has 2 aromatic carbocycles. The van der Waals surface area contributed by atoms with Crippen LogP contribution in [0.2, 0.25) is 0 Å². The van der Waals surface area contributed by atoms with Crippen LogP contribution < -0.4 is 11.4 Å². The standard InChI is InChI=1S/C23H27N5O2/c1-16-7-8-21-19(15-16)25-23(30)28(21)17-9-13-26(14-10-17)11-4-12-27-20-6-3-2-5-18(20)24-22(27)29/h2-3,5-8,15,17H,4,9-14H2,1H3,(H,24,29)(H,25,30)/i2D,3D,5D,6D. The van der Waals surface area contributed by atoms with Crippen molar-refractivity contribution in [2.24, 2.45) is 0 Å². The fraction of sp³-hybridized carbons (Fsp3) is 0.391. The zero-order valence-corrected chi connectivity index (χ0v) is 16.9. The lowest BCUT2D eigenvalue weighted by atomic mass is 10.0. The van der Waals surface area contributed by atoms with Gasteiger partial charge in [0.25, 0.3) is 0 Å². The van der Waals surface area contributed by atoms with Crippen molar-refractivity contribution in [3.63, 3.8) is 0 Å². The molecule has 1 aliphatic rings. The van der Waals surface area contributed by atoms with E-state index in [1.807, 2.05) is 29.7 Å². The smallest absolute Gasteiger partial charge is 0.306 e. The molecule has 3 heterocycles. The van der Waals surface area contributed by atoms with E-state index in [0.29, 0.717) is 13.0 Å². The molecule has 0 unspecified atom stereocenters. The number of hydrogen-bond donors (Lipinski definition) is 2. The van der Waals surface area contributed by atoms with Gasteiger partial charge in [0.2, 0.25) is 0 Å². The van der Waals surface area contributed by atoms with Gasteiger partial charge in [-0.15, -0.1) is 0 Å². The second-order valence-corrected chi connectivity index (χ2v) is 8.05. The Bertz CT molecular complexity index is 1510. The molecular formula is C23H27N5O2. The Morgan fingerprint density at radius 2 is 1.77 bits per heavy atom. The highest BCUT2D eigenvalue weighted by atomic mass is 16.1. The first-order chi connectivity index (χ1) is 16.3. The van der Waals surface area contributed by atoms with Crippen molar-refractivity contribution >= 4 is 22.1 Å². The maximum Gasteiger partial charge on any atom is 0.326 e. The lowest BCUT2D eigenvalue weighted by molar-refractivity contribution is 0.183. The zero-order chi connectivity index (χ0) is 24.1. The predicted octanol–water partition coefficient (Wildman–Crippen LogP) is 3.01. The molecule has 0 aliphatic carbocycles. The van der Waals surface area contributed by atoms with E-state index in [0.717, 1.165) is 49.1 Å². The Hall–Kier alpha value is -3.06. The largest absolute Gasteiger partial charge is 0.326 e. The molecular weight excluding hydrogens is 378 g/mol. The molecule has 0 bridgehead atoms. The minimum absolute atomic E-state index is 0.0673. The fourth-order valence-electron chi connectivity index (χ4n) is 4.55. The van der Waals surface area contributed by atoms with E-state index in [1.54, 1.807) is 0 Å². The summed E-state index contributed by atoms with van der Waals surface area (Å²) in [6, 6.07) is 5.05. The van der Waals surface area contributed by atoms with Gasteiger partial charge in [-0.3, -0.25) is 9.13 Å². The number of aromatic amines is 2. The first-order valence-corrected chi connectivity index (χ1v) is 10.4. The molecule has 0 spiro atoms. The van der Waals surface area contributed by atoms with Crippen molar-refractivity contribution in [3.8, 4) is 0 Å². The summed E-state index contributed by atoms with van der Waals surface area (Å²) in [6.07, 6.45) is 2.40. The van der Waals surface area contributed by atoms with Crippen LogP contribution in [0.25, 0.3) is 22.1 Å². The van der Waals surface area contributed by atoms with Gasteiger partial charge in [0, 0.05) is 25.7 Å². The lowest BCUT2D eigenvalue weighted by Crippen LogP contribution is -2.37. The summed E-state index contributed by atoms with van der Waals surface area (Å²) >= 11 is 0. The second-order valence-electron chi connectivity index (χ2n) is 8.05. The summed E-state index contributed by atoms with van der Waals surface area (Å²) < 4.78 is 35.2. The number of hydrogen-bond acceptors (Lipinski definition) is 3. The molecule has 30 heavy (non-hydrogen) atoms. The molecule has 1 fully saturated rings. The first-order valence-electron chi connectivity index (χ1n) is 12.4. The quantitative estimate of drug-likeness (QED) is 0.532. The average molecular weight is 410 g/mol. The van der Waals surface area contributed by atoms with Crippen molar-refractivity contribution in [1.29, 1.82) is 0 Å². The van der Waals surface area contributed by atoms with Crippen LogP contribution in [0.1, 0.15) is 36.4 Å². The number of H-pyrrole nitrogens is 2. The Labute approximate surface area is 179 Å². The molecule has 0 saturated carbocycles. The molecule has 2 N–H and O–H groups in total. The van der Waals surface area contributed by atoms with Crippen LogP contribution in [0.4, 0.5) is 0 Å². The number of aryl methyl sites for hydroxylation is 2. The summed E-state index contributed by atoms with van der Waals surface area (Å²) in [5.74, 6) is 0. The highest BCUT2D eigenvalue weighted by Gasteiger charge is 2.23. The van der Waals surface area contributed by atoms with E-state index >= 15 is 0 Å². The van der Waals surface area contributed by atoms with E-state index in [1.165, 1.54) is 4.57 Å². The van der Waals surface area contributed by atoms with E-state index < -0.39 is 5.69 Å². The number of nitrogens with zero attached hydrogens (tertiary/aromatic N) is 3. The number of imidazole rings is 2. The molecule has 5 rings (SSSR count). The summed E-state index contributed by atoms with van der Waals surface area (Å²) in [7, 11) is 0. The van der Waals surface area contributed by atoms with Gasteiger partial charge >= 0.3 is 11.4 Å². The van der Waals surface area contributed by atoms with Crippen LogP contribution in [0.3, 0.4) is 0 Å². The summed E-state index contributed by atoms with van der Waals surface area (Å²) in [5.41, 5.74) is 2.81. The van der Waals surface area contributed by atoms with Crippen molar-refractivity contribution in [2.75, 3.05) is 19.6 Å². The Morgan fingerprint density at radius 1 is 1.00 bits per heavy atom. The highest BCUT2D eigenvalue weighted by molar-refractivity contribution is 5.76. The van der Waals surface area contributed by atoms with E-state index in [4.69, 9.17) is 5.48 Å². The summed E-state index contributed by atoms with van der Waals surface area (Å²) in [6.45, 7) is 4.82. The first kappa shape index (κ1) is 14.8. The molecule has 7 nitrogen and oxygen atoms in total. The normalized spacial score (nSPS) is 17.9. The van der Waals surface area contributed by atoms with Gasteiger partial charge in [0.15, 0.2) is 0 Å². The minimum atomic E-state index is -0.422. The third kappa shape index (κ3) is 3.39. The van der Waals surface area contributed by atoms with Crippen LogP contribution >= 0.6 is 0 Å². The van der Waals surface area contributed by atoms with Crippen molar-refractivity contribution < 1.29 is 5.48 Å². The van der Waals surface area contributed by atoms with Crippen LogP contribution in [0, 0.1) is 6.92 Å². The molecule has 0 atom stereocenters. The Balaban J connectivity index is 1.25. The van der Waals surface area contributed by atoms with Crippen LogP contribution in [-0.2, 0) is 6.54 Å². The number of piperidine rings is 1. The number of aromatic nitrogens is 4. The van der Waals surface area contributed by atoms with Crippen molar-refractivity contribution in [1.82, 2.24) is 24.0 Å². The van der Waals surface area contributed by atoms with Gasteiger partial charge in [-0.05, 0) is 62.5 Å². The summed E-state index contributed by atoms with van der Waals surface area (Å²) in [4.78, 5) is 32.9. The van der Waals surface area contributed by atoms with Gasteiger partial charge in [0.1, 0.15) is 0 Å². The van der Waals surface area contributed by atoms with E-state index in [9.17, 15) is 9.59 Å². The zero-order valence-electron chi connectivity index (χ0n) is 20.9. The van der Waals surface area contributed by atoms with Crippen LogP contribution in [-0.4, -0.2) is 43.6 Å². The van der Waals surface area contributed by atoms with Crippen LogP contribution in [0.5, 0.6) is 0 Å². The predicted molar refractivity (Wildman–Crippen MR) is 119 cm³/mol. The number of benzene rings is 2. The molecule has 0 amide bonds.